The molecule has 4 heteroatoms. The first-order valence-corrected chi connectivity index (χ1v) is 9.04. The van der Waals surface area contributed by atoms with Crippen LogP contribution in [0, 0.1) is 0 Å². The van der Waals surface area contributed by atoms with Gasteiger partial charge in [-0.1, -0.05) is 49.1 Å². The molecule has 3 rings (SSSR count). The number of ether oxygens (including phenoxy) is 1. The fraction of sp³-hybridized carbons (Fsp3) is 0.409. The number of rotatable bonds is 4. The molecule has 0 saturated carbocycles. The van der Waals surface area contributed by atoms with Crippen molar-refractivity contribution >= 4 is 6.21 Å². The number of aliphatic imine (C=N–C) groups is 1. The van der Waals surface area contributed by atoms with Crippen LogP contribution in [0.25, 0.3) is 0 Å². The van der Waals surface area contributed by atoms with Crippen LogP contribution in [0.4, 0.5) is 0 Å². The molecule has 1 aliphatic carbocycles. The number of hydrogen-bond acceptors (Lipinski definition) is 4. The van der Waals surface area contributed by atoms with E-state index < -0.39 is 12.2 Å². The normalized spacial score (nSPS) is 26.1. The number of aliphatic hydroxyl groups is 2. The molecule has 2 aliphatic rings. The van der Waals surface area contributed by atoms with E-state index in [0.29, 0.717) is 6.42 Å². The molecule has 1 aliphatic heterocycles. The molecular weight excluding hydrogens is 326 g/mol. The highest BCUT2D eigenvalue weighted by Crippen LogP contribution is 2.30. The van der Waals surface area contributed by atoms with Gasteiger partial charge in [0.05, 0.1) is 24.0 Å². The molecule has 26 heavy (non-hydrogen) atoms. The van der Waals surface area contributed by atoms with Crippen molar-refractivity contribution in [1.82, 2.24) is 0 Å². The molecule has 0 amide bonds. The van der Waals surface area contributed by atoms with E-state index in [1.54, 1.807) is 0 Å². The lowest BCUT2D eigenvalue weighted by atomic mass is 10.0. The van der Waals surface area contributed by atoms with Crippen molar-refractivity contribution in [3.63, 3.8) is 0 Å². The third-order valence-corrected chi connectivity index (χ3v) is 4.55. The zero-order valence-electron chi connectivity index (χ0n) is 15.8. The van der Waals surface area contributed by atoms with Crippen molar-refractivity contribution < 1.29 is 14.9 Å². The summed E-state index contributed by atoms with van der Waals surface area (Å²) in [6.07, 6.45) is 5.89. The van der Waals surface area contributed by atoms with E-state index in [0.717, 1.165) is 23.3 Å². The van der Waals surface area contributed by atoms with Gasteiger partial charge in [0.2, 0.25) is 0 Å². The molecule has 140 valence electrons. The second kappa shape index (κ2) is 9.62. The number of benzene rings is 1. The van der Waals surface area contributed by atoms with Gasteiger partial charge in [-0.25, -0.2) is 0 Å². The maximum Gasteiger partial charge on any atom is 0.105 e. The summed E-state index contributed by atoms with van der Waals surface area (Å²) in [5, 5.41) is 19.5. The molecule has 0 aromatic heterocycles. The van der Waals surface area contributed by atoms with E-state index in [1.807, 2.05) is 57.3 Å². The van der Waals surface area contributed by atoms with Crippen molar-refractivity contribution in [2.24, 2.45) is 4.99 Å². The van der Waals surface area contributed by atoms with Gasteiger partial charge in [0.25, 0.3) is 0 Å². The standard InChI is InChI=1S/C12H16O3.C10H13N/c1-8-10(13)7-11(15-8)12(14)9-5-3-2-4-6-9;1-4-11-10-7-5-6-9(10)8(2)3/h2-6,8,10-14H,7H2,1H3;4-6H,2,7H2,1,3H3/t8-,10+,11+,12-;/m0./s1. The van der Waals surface area contributed by atoms with Crippen molar-refractivity contribution in [1.29, 1.82) is 0 Å². The van der Waals surface area contributed by atoms with Gasteiger partial charge >= 0.3 is 0 Å². The minimum Gasteiger partial charge on any atom is -0.390 e. The Bertz CT molecular complexity index is 681. The second-order valence-corrected chi connectivity index (χ2v) is 6.67. The fourth-order valence-corrected chi connectivity index (χ4v) is 3.08. The Morgan fingerprint density at radius 2 is 2.04 bits per heavy atom. The minimum atomic E-state index is -0.647. The summed E-state index contributed by atoms with van der Waals surface area (Å²) in [6.45, 7) is 9.65. The van der Waals surface area contributed by atoms with E-state index >= 15 is 0 Å². The predicted molar refractivity (Wildman–Crippen MR) is 106 cm³/mol. The molecule has 0 radical (unpaired) electrons. The number of hydrogen-bond donors (Lipinski definition) is 2. The average molecular weight is 355 g/mol. The van der Waals surface area contributed by atoms with Gasteiger partial charge in [-0.3, -0.25) is 4.99 Å². The molecule has 2 N–H and O–H groups in total. The average Bonchev–Trinajstić information content (AvgIpc) is 3.23. The molecule has 0 bridgehead atoms. The van der Waals surface area contributed by atoms with Gasteiger partial charge in [0.15, 0.2) is 0 Å². The van der Waals surface area contributed by atoms with Gasteiger partial charge in [-0.05, 0) is 37.5 Å². The third kappa shape index (κ3) is 5.24. The summed E-state index contributed by atoms with van der Waals surface area (Å²) in [4.78, 5) is 4.26. The highest BCUT2D eigenvalue weighted by atomic mass is 16.5. The summed E-state index contributed by atoms with van der Waals surface area (Å²) < 4.78 is 5.49. The van der Waals surface area contributed by atoms with E-state index in [2.05, 4.69) is 23.7 Å². The van der Waals surface area contributed by atoms with Crippen LogP contribution in [0.1, 0.15) is 45.3 Å². The van der Waals surface area contributed by atoms with Crippen molar-refractivity contribution in [3.8, 4) is 0 Å². The maximum atomic E-state index is 10.0. The van der Waals surface area contributed by atoms with E-state index in [9.17, 15) is 10.2 Å². The number of aliphatic hydroxyl groups excluding tert-OH is 2. The highest BCUT2D eigenvalue weighted by Gasteiger charge is 2.35. The fourth-order valence-electron chi connectivity index (χ4n) is 3.08. The minimum absolute atomic E-state index is 0.187. The SMILES string of the molecule is C=C(C)C1=C(N=CC)CC=C1.C[C@@H]1O[C@@H]([C@@H](O)c2ccccc2)C[C@H]1O. The molecular formula is C22H29NO3. The van der Waals surface area contributed by atoms with Gasteiger partial charge in [-0.2, -0.15) is 0 Å². The molecule has 4 atom stereocenters. The molecule has 0 unspecified atom stereocenters. The summed E-state index contributed by atoms with van der Waals surface area (Å²) in [7, 11) is 0. The lowest BCUT2D eigenvalue weighted by molar-refractivity contribution is -0.0379. The Hall–Kier alpha value is -2.01. The van der Waals surface area contributed by atoms with Gasteiger partial charge < -0.3 is 14.9 Å². The van der Waals surface area contributed by atoms with Crippen molar-refractivity contribution in [2.45, 2.75) is 58.0 Å². The zero-order valence-corrected chi connectivity index (χ0v) is 15.8. The van der Waals surface area contributed by atoms with Crippen LogP contribution >= 0.6 is 0 Å². The molecule has 1 saturated heterocycles. The summed E-state index contributed by atoms with van der Waals surface area (Å²) in [6, 6.07) is 9.40. The van der Waals surface area contributed by atoms with Crippen LogP contribution in [0.5, 0.6) is 0 Å². The van der Waals surface area contributed by atoms with Crippen molar-refractivity contribution in [2.75, 3.05) is 0 Å². The predicted octanol–water partition coefficient (Wildman–Crippen LogP) is 4.13. The van der Waals surface area contributed by atoms with Gasteiger partial charge in [0.1, 0.15) is 6.10 Å². The van der Waals surface area contributed by atoms with E-state index in [1.165, 1.54) is 5.57 Å². The first-order chi connectivity index (χ1) is 12.4. The Morgan fingerprint density at radius 3 is 2.58 bits per heavy atom. The first-order valence-electron chi connectivity index (χ1n) is 9.04. The van der Waals surface area contributed by atoms with Crippen LogP contribution in [0.3, 0.4) is 0 Å². The molecule has 1 aromatic carbocycles. The summed E-state index contributed by atoms with van der Waals surface area (Å²) in [5.41, 5.74) is 4.27. The van der Waals surface area contributed by atoms with Crippen LogP contribution < -0.4 is 0 Å². The Morgan fingerprint density at radius 1 is 1.35 bits per heavy atom. The molecule has 1 aromatic rings. The van der Waals surface area contributed by atoms with Gasteiger partial charge in [-0.15, -0.1) is 0 Å². The van der Waals surface area contributed by atoms with Crippen LogP contribution in [0.15, 0.2) is 70.9 Å². The Labute approximate surface area is 156 Å². The third-order valence-electron chi connectivity index (χ3n) is 4.55. The first kappa shape index (κ1) is 20.3. The monoisotopic (exact) mass is 355 g/mol. The smallest absolute Gasteiger partial charge is 0.105 e. The Balaban J connectivity index is 0.000000197. The maximum absolute atomic E-state index is 10.0. The largest absolute Gasteiger partial charge is 0.390 e. The number of nitrogens with zero attached hydrogens (tertiary/aromatic N) is 1. The van der Waals surface area contributed by atoms with Gasteiger partial charge in [0, 0.05) is 19.1 Å². The molecule has 1 heterocycles. The lowest BCUT2D eigenvalue weighted by Crippen LogP contribution is -2.18. The van der Waals surface area contributed by atoms with Crippen LogP contribution in [-0.4, -0.2) is 34.7 Å². The van der Waals surface area contributed by atoms with E-state index in [4.69, 9.17) is 4.74 Å². The number of allylic oxidation sites excluding steroid dienone is 4. The van der Waals surface area contributed by atoms with Crippen LogP contribution in [-0.2, 0) is 4.74 Å². The van der Waals surface area contributed by atoms with Crippen LogP contribution in [0.2, 0.25) is 0 Å². The highest BCUT2D eigenvalue weighted by molar-refractivity contribution is 5.58. The zero-order chi connectivity index (χ0) is 19.1. The van der Waals surface area contributed by atoms with E-state index in [-0.39, 0.29) is 12.2 Å². The topological polar surface area (TPSA) is 62.0 Å². The lowest BCUT2D eigenvalue weighted by Gasteiger charge is -2.18. The summed E-state index contributed by atoms with van der Waals surface area (Å²) >= 11 is 0. The second-order valence-electron chi connectivity index (χ2n) is 6.67. The Kier molecular flexibility index (Phi) is 7.51. The molecule has 4 nitrogen and oxygen atoms in total. The quantitative estimate of drug-likeness (QED) is 0.799. The van der Waals surface area contributed by atoms with Crippen molar-refractivity contribution in [3.05, 3.63) is 71.5 Å². The molecule has 0 spiro atoms. The molecule has 1 fully saturated rings. The summed E-state index contributed by atoms with van der Waals surface area (Å²) in [5.74, 6) is 0.